The van der Waals surface area contributed by atoms with E-state index in [1.165, 1.54) is 13.0 Å². The van der Waals surface area contributed by atoms with Gasteiger partial charge in [0.2, 0.25) is 11.7 Å². The van der Waals surface area contributed by atoms with Crippen LogP contribution in [-0.4, -0.2) is 33.8 Å². The number of rotatable bonds is 7. The number of ether oxygens (including phenoxy) is 1. The number of carbonyl (C=O) groups is 3. The van der Waals surface area contributed by atoms with Gasteiger partial charge in [0.15, 0.2) is 12.4 Å². The molecule has 0 saturated heterocycles. The minimum absolute atomic E-state index is 0.0610. The lowest BCUT2D eigenvalue weighted by Gasteiger charge is -2.07. The van der Waals surface area contributed by atoms with Gasteiger partial charge in [-0.05, 0) is 49.4 Å². The van der Waals surface area contributed by atoms with E-state index in [4.69, 9.17) is 9.15 Å². The maximum atomic E-state index is 12.5. The maximum absolute atomic E-state index is 12.5. The van der Waals surface area contributed by atoms with Crippen molar-refractivity contribution in [3.05, 3.63) is 83.6 Å². The topological polar surface area (TPSA) is 103 Å². The second-order valence-corrected chi connectivity index (χ2v) is 7.21. The summed E-state index contributed by atoms with van der Waals surface area (Å²) in [6.45, 7) is 3.01. The summed E-state index contributed by atoms with van der Waals surface area (Å²) in [6.07, 6.45) is 0. The first kappa shape index (κ1) is 21.0. The Labute approximate surface area is 183 Å². The quantitative estimate of drug-likeness (QED) is 0.354. The highest BCUT2D eigenvalue weighted by molar-refractivity contribution is 5.98. The van der Waals surface area contributed by atoms with Gasteiger partial charge in [0.1, 0.15) is 11.6 Å². The zero-order valence-electron chi connectivity index (χ0n) is 17.6. The van der Waals surface area contributed by atoms with E-state index in [0.29, 0.717) is 16.8 Å². The van der Waals surface area contributed by atoms with E-state index in [1.54, 1.807) is 18.2 Å². The average molecular weight is 431 g/mol. The van der Waals surface area contributed by atoms with Crippen LogP contribution in [0.1, 0.15) is 39.4 Å². The van der Waals surface area contributed by atoms with E-state index in [0.717, 1.165) is 17.0 Å². The highest BCUT2D eigenvalue weighted by Crippen LogP contribution is 2.22. The number of aryl methyl sites for hydroxylation is 1. The highest BCUT2D eigenvalue weighted by atomic mass is 16.5. The normalized spacial score (nSPS) is 10.8. The molecule has 1 N–H and O–H groups in total. The number of imidazole rings is 1. The van der Waals surface area contributed by atoms with Crippen molar-refractivity contribution in [1.29, 1.82) is 0 Å². The summed E-state index contributed by atoms with van der Waals surface area (Å²) in [5.41, 5.74) is 2.79. The van der Waals surface area contributed by atoms with E-state index >= 15 is 0 Å². The Kier molecular flexibility index (Phi) is 5.85. The van der Waals surface area contributed by atoms with Crippen LogP contribution in [0.4, 0.5) is 0 Å². The molecule has 0 bridgehead atoms. The van der Waals surface area contributed by atoms with E-state index < -0.39 is 18.4 Å². The Balaban J connectivity index is 1.44. The largest absolute Gasteiger partial charge is 0.456 e. The number of hydrogen-bond acceptors (Lipinski definition) is 6. The third-order valence-corrected chi connectivity index (χ3v) is 4.85. The van der Waals surface area contributed by atoms with Gasteiger partial charge in [0.25, 0.3) is 0 Å². The third kappa shape index (κ3) is 4.44. The molecule has 0 saturated carbocycles. The summed E-state index contributed by atoms with van der Waals surface area (Å²) >= 11 is 0. The molecule has 0 fully saturated rings. The van der Waals surface area contributed by atoms with E-state index in [2.05, 4.69) is 10.3 Å². The van der Waals surface area contributed by atoms with Crippen molar-refractivity contribution in [1.82, 2.24) is 14.9 Å². The van der Waals surface area contributed by atoms with Crippen LogP contribution >= 0.6 is 0 Å². The number of ketones is 1. The van der Waals surface area contributed by atoms with Crippen molar-refractivity contribution in [3.8, 4) is 5.69 Å². The van der Waals surface area contributed by atoms with Crippen LogP contribution < -0.4 is 5.32 Å². The van der Waals surface area contributed by atoms with Gasteiger partial charge in [0.05, 0.1) is 23.1 Å². The van der Waals surface area contributed by atoms with Crippen LogP contribution in [0, 0.1) is 6.92 Å². The standard InChI is InChI=1S/C24H21N3O5/c1-15-26-20-12-17(8-10-21(20)27(15)18-6-4-3-5-7-18)24(30)31-14-22(29)23-11-9-19(32-23)13-25-16(2)28/h3-12H,13-14H2,1-2H3,(H,25,28). The Morgan fingerprint density at radius 1 is 1.06 bits per heavy atom. The first-order valence-corrected chi connectivity index (χ1v) is 10.0. The highest BCUT2D eigenvalue weighted by Gasteiger charge is 2.17. The fourth-order valence-corrected chi connectivity index (χ4v) is 3.35. The van der Waals surface area contributed by atoms with Gasteiger partial charge in [-0.2, -0.15) is 0 Å². The second-order valence-electron chi connectivity index (χ2n) is 7.21. The summed E-state index contributed by atoms with van der Waals surface area (Å²) in [5, 5.41) is 2.58. The summed E-state index contributed by atoms with van der Waals surface area (Å²) in [7, 11) is 0. The van der Waals surface area contributed by atoms with Gasteiger partial charge in [-0.1, -0.05) is 18.2 Å². The molecule has 4 aromatic rings. The Hall–Kier alpha value is -4.20. The number of Topliss-reactive ketones (excluding diaryl/α,β-unsaturated/α-hetero) is 1. The fraction of sp³-hybridized carbons (Fsp3) is 0.167. The number of benzene rings is 2. The molecule has 0 aliphatic heterocycles. The summed E-state index contributed by atoms with van der Waals surface area (Å²) in [6, 6.07) is 18.0. The molecule has 162 valence electrons. The number of hydrogen-bond donors (Lipinski definition) is 1. The summed E-state index contributed by atoms with van der Waals surface area (Å²) < 4.78 is 12.6. The number of fused-ring (bicyclic) bond motifs is 1. The molecule has 2 heterocycles. The number of amides is 1. The van der Waals surface area contributed by atoms with Crippen molar-refractivity contribution in [2.24, 2.45) is 0 Å². The Morgan fingerprint density at radius 3 is 2.59 bits per heavy atom. The molecule has 8 nitrogen and oxygen atoms in total. The Bertz CT molecular complexity index is 1300. The van der Waals surface area contributed by atoms with Crippen molar-refractivity contribution >= 4 is 28.7 Å². The molecule has 0 aliphatic carbocycles. The zero-order chi connectivity index (χ0) is 22.7. The molecule has 4 rings (SSSR count). The van der Waals surface area contributed by atoms with Crippen LogP contribution in [-0.2, 0) is 16.1 Å². The number of esters is 1. The molecule has 32 heavy (non-hydrogen) atoms. The van der Waals surface area contributed by atoms with Crippen molar-refractivity contribution in [2.45, 2.75) is 20.4 Å². The monoisotopic (exact) mass is 431 g/mol. The lowest BCUT2D eigenvalue weighted by molar-refractivity contribution is -0.119. The molecule has 0 aliphatic rings. The number of furan rings is 1. The third-order valence-electron chi connectivity index (χ3n) is 4.85. The predicted octanol–water partition coefficient (Wildman–Crippen LogP) is 3.60. The molecule has 0 atom stereocenters. The van der Waals surface area contributed by atoms with Crippen LogP contribution in [0.15, 0.2) is 65.1 Å². The molecule has 1 amide bonds. The summed E-state index contributed by atoms with van der Waals surface area (Å²) in [4.78, 5) is 40.3. The first-order valence-electron chi connectivity index (χ1n) is 10.0. The van der Waals surface area contributed by atoms with E-state index in [-0.39, 0.29) is 18.2 Å². The van der Waals surface area contributed by atoms with Crippen LogP contribution in [0.25, 0.3) is 16.7 Å². The first-order chi connectivity index (χ1) is 15.4. The maximum Gasteiger partial charge on any atom is 0.338 e. The van der Waals surface area contributed by atoms with Crippen molar-refractivity contribution < 1.29 is 23.5 Å². The molecule has 2 aromatic heterocycles. The molecule has 0 spiro atoms. The molecular weight excluding hydrogens is 410 g/mol. The van der Waals surface area contributed by atoms with Gasteiger partial charge < -0.3 is 14.5 Å². The molecular formula is C24H21N3O5. The smallest absolute Gasteiger partial charge is 0.338 e. The van der Waals surface area contributed by atoms with Gasteiger partial charge in [-0.15, -0.1) is 0 Å². The molecule has 0 radical (unpaired) electrons. The lowest BCUT2D eigenvalue weighted by atomic mass is 10.2. The number of aromatic nitrogens is 2. The zero-order valence-corrected chi connectivity index (χ0v) is 17.6. The summed E-state index contributed by atoms with van der Waals surface area (Å²) in [5.74, 6) is -0.0193. The van der Waals surface area contributed by atoms with E-state index in [1.807, 2.05) is 47.9 Å². The van der Waals surface area contributed by atoms with Crippen molar-refractivity contribution in [3.63, 3.8) is 0 Å². The van der Waals surface area contributed by atoms with Crippen LogP contribution in [0.5, 0.6) is 0 Å². The molecule has 2 aromatic carbocycles. The average Bonchev–Trinajstić information content (AvgIpc) is 3.39. The van der Waals surface area contributed by atoms with Gasteiger partial charge >= 0.3 is 5.97 Å². The van der Waals surface area contributed by atoms with Gasteiger partial charge in [-0.3, -0.25) is 14.2 Å². The SMILES string of the molecule is CC(=O)NCc1ccc(C(=O)COC(=O)c2ccc3c(c2)nc(C)n3-c2ccccc2)o1. The number of nitrogens with zero attached hydrogens (tertiary/aromatic N) is 2. The molecule has 8 heteroatoms. The van der Waals surface area contributed by atoms with Gasteiger partial charge in [-0.25, -0.2) is 9.78 Å². The van der Waals surface area contributed by atoms with Crippen LogP contribution in [0.2, 0.25) is 0 Å². The Morgan fingerprint density at radius 2 is 1.84 bits per heavy atom. The van der Waals surface area contributed by atoms with Crippen molar-refractivity contribution in [2.75, 3.05) is 6.61 Å². The van der Waals surface area contributed by atoms with Crippen LogP contribution in [0.3, 0.4) is 0 Å². The number of para-hydroxylation sites is 1. The minimum Gasteiger partial charge on any atom is -0.456 e. The minimum atomic E-state index is -0.628. The van der Waals surface area contributed by atoms with E-state index in [9.17, 15) is 14.4 Å². The predicted molar refractivity (Wildman–Crippen MR) is 117 cm³/mol. The molecule has 0 unspecified atom stereocenters. The number of nitrogens with one attached hydrogen (secondary N) is 1. The second kappa shape index (κ2) is 8.89. The van der Waals surface area contributed by atoms with Gasteiger partial charge in [0, 0.05) is 12.6 Å². The lowest BCUT2D eigenvalue weighted by Crippen LogP contribution is -2.18. The number of carbonyl (C=O) groups excluding carboxylic acids is 3. The fourth-order valence-electron chi connectivity index (χ4n) is 3.35.